The van der Waals surface area contributed by atoms with Crippen molar-refractivity contribution in [3.8, 4) is 0 Å². The molecule has 624 valence electrons. The second kappa shape index (κ2) is 72.8. The zero-order chi connectivity index (χ0) is 80.6. The normalized spacial score (nSPS) is 27.6. The second-order valence-corrected chi connectivity index (χ2v) is 37.0. The first-order valence-electron chi connectivity index (χ1n) is 46.9. The lowest BCUT2D eigenvalue weighted by molar-refractivity contribution is 0.102. The van der Waals surface area contributed by atoms with E-state index in [9.17, 15) is 0 Å². The molecular formula is C101H220. The largest absolute Gasteiger partial charge is 0.0776 e. The molecule has 0 heterocycles. The van der Waals surface area contributed by atoms with Crippen molar-refractivity contribution in [3.05, 3.63) is 0 Å². The van der Waals surface area contributed by atoms with Gasteiger partial charge in [-0.25, -0.2) is 0 Å². The minimum Gasteiger partial charge on any atom is -0.0776 e. The molecule has 8 atom stereocenters. The van der Waals surface area contributed by atoms with Crippen LogP contribution in [0.2, 0.25) is 0 Å². The number of hydrogen-bond donors (Lipinski definition) is 0. The predicted octanol–water partition coefficient (Wildman–Crippen LogP) is 37.0. The SMILES string of the molecule is C.CC.CC.CC.CC.CC.CC.CC.CC.CC(C)C1CC(C(C)C)C1.CC(C)C1CC(C(C)C)C1.CC(C)C1CCC(C(C)C)CC1.CC(C)C1CCC(C(C)C)CC1.CC(C)C1C[C@@H]1C(C)C.CC(C)[C@@H]1CC[C@@H](C(C)C)C1.CC(C)[C@@H]1C[C@H]1C(C)C.CC(C)[C@H]1CC[C@H](C(C)C)C1. The van der Waals surface area contributed by atoms with Crippen molar-refractivity contribution in [1.82, 2.24) is 0 Å². The highest BCUT2D eigenvalue weighted by atomic mass is 14.5. The van der Waals surface area contributed by atoms with Gasteiger partial charge in [0, 0.05) is 0 Å². The zero-order valence-corrected chi connectivity index (χ0v) is 80.6. The summed E-state index contributed by atoms with van der Waals surface area (Å²) in [6.45, 7) is 107. The molecule has 101 heavy (non-hydrogen) atoms. The topological polar surface area (TPSA) is 0 Å². The monoisotopic (exact) mass is 1430 g/mol. The Hall–Kier alpha value is 0. The van der Waals surface area contributed by atoms with Gasteiger partial charge in [0.15, 0.2) is 0 Å². The third-order valence-electron chi connectivity index (χ3n) is 25.6. The molecule has 0 saturated heterocycles. The molecule has 0 bridgehead atoms. The van der Waals surface area contributed by atoms with E-state index in [1.165, 1.54) is 128 Å². The van der Waals surface area contributed by atoms with Crippen LogP contribution >= 0.6 is 0 Å². The Morgan fingerprint density at radius 3 is 0.277 bits per heavy atom. The molecule has 0 N–H and O–H groups in total. The lowest BCUT2D eigenvalue weighted by Crippen LogP contribution is -2.30. The van der Waals surface area contributed by atoms with Crippen molar-refractivity contribution in [2.75, 3.05) is 0 Å². The summed E-state index contributed by atoms with van der Waals surface area (Å²) in [5, 5.41) is 0. The van der Waals surface area contributed by atoms with Crippen molar-refractivity contribution in [2.45, 2.75) is 468 Å². The molecule has 0 aliphatic heterocycles. The predicted molar refractivity (Wildman–Crippen MR) is 483 cm³/mol. The van der Waals surface area contributed by atoms with E-state index in [4.69, 9.17) is 0 Å². The van der Waals surface area contributed by atoms with Crippen LogP contribution in [-0.2, 0) is 0 Å². The lowest BCUT2D eigenvalue weighted by atomic mass is 9.65. The molecule has 8 saturated carbocycles. The maximum absolute atomic E-state index is 2.38. The van der Waals surface area contributed by atoms with Gasteiger partial charge in [0.25, 0.3) is 0 Å². The minimum atomic E-state index is 0. The molecular weight excluding hydrogens is 1210 g/mol. The molecule has 8 aliphatic rings. The third kappa shape index (κ3) is 56.8. The van der Waals surface area contributed by atoms with Crippen molar-refractivity contribution >= 4 is 0 Å². The maximum Gasteiger partial charge on any atom is -0.0357 e. The molecule has 8 fully saturated rings. The summed E-state index contributed by atoms with van der Waals surface area (Å²) in [4.78, 5) is 0. The molecule has 8 aliphatic carbocycles. The van der Waals surface area contributed by atoms with Gasteiger partial charge < -0.3 is 0 Å². The first-order chi connectivity index (χ1) is 46.9. The Bertz CT molecular complexity index is 1310. The van der Waals surface area contributed by atoms with Gasteiger partial charge in [0.05, 0.1) is 0 Å². The second-order valence-electron chi connectivity index (χ2n) is 37.0. The summed E-state index contributed by atoms with van der Waals surface area (Å²) in [7, 11) is 0. The summed E-state index contributed by atoms with van der Waals surface area (Å²) in [5.74, 6) is 31.4. The van der Waals surface area contributed by atoms with Gasteiger partial charge in [0.2, 0.25) is 0 Å². The van der Waals surface area contributed by atoms with Gasteiger partial charge in [0.1, 0.15) is 0 Å². The van der Waals surface area contributed by atoms with Crippen molar-refractivity contribution in [3.63, 3.8) is 0 Å². The van der Waals surface area contributed by atoms with Crippen LogP contribution in [0.4, 0.5) is 0 Å². The highest BCUT2D eigenvalue weighted by Crippen LogP contribution is 2.50. The van der Waals surface area contributed by atoms with Gasteiger partial charge in [-0.05, 0) is 318 Å². The van der Waals surface area contributed by atoms with E-state index >= 15 is 0 Å². The van der Waals surface area contributed by atoms with E-state index in [0.717, 1.165) is 189 Å². The first-order valence-corrected chi connectivity index (χ1v) is 46.9. The van der Waals surface area contributed by atoms with Crippen LogP contribution < -0.4 is 0 Å². The number of rotatable bonds is 16. The molecule has 0 spiro atoms. The number of hydrogen-bond acceptors (Lipinski definition) is 0. The maximum atomic E-state index is 2.38. The van der Waals surface area contributed by atoms with Crippen LogP contribution in [0, 0.1) is 189 Å². The molecule has 0 heteroatoms. The summed E-state index contributed by atoms with van der Waals surface area (Å²) in [6, 6.07) is 0. The molecule has 1 unspecified atom stereocenters. The van der Waals surface area contributed by atoms with E-state index in [0.29, 0.717) is 0 Å². The molecule has 0 aromatic rings. The van der Waals surface area contributed by atoms with Gasteiger partial charge in [-0.1, -0.05) is 340 Å². The Kier molecular flexibility index (Phi) is 86.1. The molecule has 0 aromatic heterocycles. The van der Waals surface area contributed by atoms with Gasteiger partial charge in [-0.15, -0.1) is 0 Å². The summed E-state index contributed by atoms with van der Waals surface area (Å²) in [5.41, 5.74) is 0. The van der Waals surface area contributed by atoms with Crippen molar-refractivity contribution < 1.29 is 0 Å². The van der Waals surface area contributed by atoms with E-state index in [-0.39, 0.29) is 7.43 Å². The van der Waals surface area contributed by atoms with Gasteiger partial charge in [-0.2, -0.15) is 0 Å². The third-order valence-corrected chi connectivity index (χ3v) is 25.6. The molecule has 0 amide bonds. The van der Waals surface area contributed by atoms with Crippen molar-refractivity contribution in [1.29, 1.82) is 0 Å². The van der Waals surface area contributed by atoms with E-state index in [1.807, 2.05) is 111 Å². The molecule has 0 radical (unpaired) electrons. The molecule has 0 nitrogen and oxygen atoms in total. The van der Waals surface area contributed by atoms with E-state index in [2.05, 4.69) is 222 Å². The smallest absolute Gasteiger partial charge is 0.0357 e. The Balaban J connectivity index is -0.000000133. The molecule has 8 rings (SSSR count). The summed E-state index contributed by atoms with van der Waals surface area (Å²) in [6.07, 6.45) is 29.8. The Morgan fingerprint density at radius 1 is 0.119 bits per heavy atom. The highest BCUT2D eigenvalue weighted by Gasteiger charge is 2.42. The fourth-order valence-corrected chi connectivity index (χ4v) is 16.6. The average Bonchev–Trinajstić information content (AvgIpc) is 1.73. The van der Waals surface area contributed by atoms with Crippen LogP contribution in [0.3, 0.4) is 0 Å². The van der Waals surface area contributed by atoms with Crippen LogP contribution in [0.25, 0.3) is 0 Å². The van der Waals surface area contributed by atoms with E-state index < -0.39 is 0 Å². The zero-order valence-electron chi connectivity index (χ0n) is 80.6. The lowest BCUT2D eigenvalue weighted by Gasteiger charge is -2.40. The van der Waals surface area contributed by atoms with Crippen LogP contribution in [-0.4, -0.2) is 0 Å². The van der Waals surface area contributed by atoms with Crippen LogP contribution in [0.1, 0.15) is 468 Å². The molecule has 0 aromatic carbocycles. The average molecular weight is 1430 g/mol. The standard InChI is InChI=1S/2C12H24.2C11H22.2C10H20.2C9H18.8C2H6.CH4/c2*1-9(2)11-5-7-12(8-6-11)10(3)4;2*1-8(2)10-5-6-11(7-10)9(3)4;2*1-7(2)9-5-10(6-9)8(3)4;2*1-6(2)8-5-9(8)7(3)4;8*1-2;/h2*9-12H,5-8H2,1-4H3;2*8-11H,5-7H2,1-4H3;2*7-10H,5-6H2,1-4H3;2*6-9H,5H2,1-4H3;8*1-2H3;1H4/t;;2*10-,11-;;;8-,9?;8-,9-;;;;;;;;;/m..10..10........./s1. The Morgan fingerprint density at radius 2 is 0.208 bits per heavy atom. The van der Waals surface area contributed by atoms with Crippen molar-refractivity contribution in [2.24, 2.45) is 189 Å². The fourth-order valence-electron chi connectivity index (χ4n) is 16.6. The summed E-state index contributed by atoms with van der Waals surface area (Å²) >= 11 is 0. The summed E-state index contributed by atoms with van der Waals surface area (Å²) < 4.78 is 0. The van der Waals surface area contributed by atoms with Gasteiger partial charge in [-0.3, -0.25) is 0 Å². The quantitative estimate of drug-likeness (QED) is 0.144. The van der Waals surface area contributed by atoms with Crippen LogP contribution in [0.15, 0.2) is 0 Å². The first kappa shape index (κ1) is 119. The van der Waals surface area contributed by atoms with E-state index in [1.54, 1.807) is 0 Å². The van der Waals surface area contributed by atoms with Crippen LogP contribution in [0.5, 0.6) is 0 Å². The highest BCUT2D eigenvalue weighted by molar-refractivity contribution is 4.91. The van der Waals surface area contributed by atoms with Gasteiger partial charge >= 0.3 is 0 Å². The fraction of sp³-hybridized carbons (Fsp3) is 1.00. The Labute approximate surface area is 653 Å². The minimum absolute atomic E-state index is 0.